The number of nitrogens with two attached hydrogens (primary N) is 1. The van der Waals surface area contributed by atoms with Gasteiger partial charge in [-0.25, -0.2) is 0 Å². The summed E-state index contributed by atoms with van der Waals surface area (Å²) >= 11 is 0. The summed E-state index contributed by atoms with van der Waals surface area (Å²) in [6.07, 6.45) is 1.67. The van der Waals surface area contributed by atoms with Crippen molar-refractivity contribution in [3.05, 3.63) is 70.8 Å². The summed E-state index contributed by atoms with van der Waals surface area (Å²) in [5.41, 5.74) is 13.1. The Kier molecular flexibility index (Phi) is 5.28. The summed E-state index contributed by atoms with van der Waals surface area (Å²) in [5.74, 6) is 0.795. The monoisotopic (exact) mass is 349 g/mol. The van der Waals surface area contributed by atoms with Gasteiger partial charge in [0.25, 0.3) is 0 Å². The number of anilines is 1. The van der Waals surface area contributed by atoms with E-state index in [1.807, 2.05) is 20.2 Å². The molecule has 26 heavy (non-hydrogen) atoms. The minimum Gasteiger partial charge on any atom is -0.378 e. The van der Waals surface area contributed by atoms with E-state index in [1.54, 1.807) is 0 Å². The van der Waals surface area contributed by atoms with E-state index in [-0.39, 0.29) is 6.29 Å². The Bertz CT molecular complexity index is 834. The number of nitrogens with one attached hydrogen (secondary N) is 2. The predicted molar refractivity (Wildman–Crippen MR) is 110 cm³/mol. The first-order valence-electron chi connectivity index (χ1n) is 8.81. The van der Waals surface area contributed by atoms with Gasteiger partial charge < -0.3 is 15.5 Å². The SMILES string of the molecule is Cc1cccc(C2=CC(=NCc3ccc(N(C)C)cc3)NC(N)N2)c1C. The molecular weight excluding hydrogens is 322 g/mol. The van der Waals surface area contributed by atoms with E-state index >= 15 is 0 Å². The van der Waals surface area contributed by atoms with Crippen LogP contribution in [0.5, 0.6) is 0 Å². The van der Waals surface area contributed by atoms with Gasteiger partial charge in [-0.3, -0.25) is 10.7 Å². The van der Waals surface area contributed by atoms with Gasteiger partial charge in [0.2, 0.25) is 0 Å². The molecule has 0 fully saturated rings. The molecule has 5 nitrogen and oxygen atoms in total. The molecule has 0 bridgehead atoms. The molecule has 2 aromatic rings. The summed E-state index contributed by atoms with van der Waals surface area (Å²) in [4.78, 5) is 6.79. The smallest absolute Gasteiger partial charge is 0.151 e. The third-order valence-electron chi connectivity index (χ3n) is 4.67. The van der Waals surface area contributed by atoms with Gasteiger partial charge in [0, 0.05) is 37.1 Å². The van der Waals surface area contributed by atoms with Crippen LogP contribution >= 0.6 is 0 Å². The van der Waals surface area contributed by atoms with Crippen LogP contribution in [0.15, 0.2) is 53.5 Å². The normalized spacial score (nSPS) is 18.1. The maximum atomic E-state index is 6.11. The first-order valence-corrected chi connectivity index (χ1v) is 8.81. The molecule has 3 rings (SSSR count). The summed E-state index contributed by atoms with van der Waals surface area (Å²) in [6.45, 7) is 4.86. The predicted octanol–water partition coefficient (Wildman–Crippen LogP) is 2.74. The van der Waals surface area contributed by atoms with E-state index < -0.39 is 0 Å². The fourth-order valence-electron chi connectivity index (χ4n) is 2.95. The van der Waals surface area contributed by atoms with Crippen LogP contribution in [-0.2, 0) is 6.54 Å². The molecule has 1 aliphatic heterocycles. The maximum Gasteiger partial charge on any atom is 0.151 e. The van der Waals surface area contributed by atoms with Crippen molar-refractivity contribution >= 4 is 17.2 Å². The maximum absolute atomic E-state index is 6.11. The third kappa shape index (κ3) is 4.06. The molecule has 5 heteroatoms. The van der Waals surface area contributed by atoms with Crippen LogP contribution in [0.4, 0.5) is 5.69 Å². The molecule has 0 aliphatic carbocycles. The zero-order valence-corrected chi connectivity index (χ0v) is 15.9. The molecule has 1 aliphatic rings. The van der Waals surface area contributed by atoms with E-state index in [4.69, 9.17) is 10.7 Å². The number of hydrogen-bond donors (Lipinski definition) is 3. The third-order valence-corrected chi connectivity index (χ3v) is 4.67. The van der Waals surface area contributed by atoms with Gasteiger partial charge in [-0.2, -0.15) is 0 Å². The molecule has 136 valence electrons. The number of amidine groups is 1. The zero-order chi connectivity index (χ0) is 18.7. The average Bonchev–Trinajstić information content (AvgIpc) is 2.62. The quantitative estimate of drug-likeness (QED) is 0.794. The van der Waals surface area contributed by atoms with Crippen molar-refractivity contribution in [3.8, 4) is 0 Å². The summed E-state index contributed by atoms with van der Waals surface area (Å²) < 4.78 is 0. The second-order valence-electron chi connectivity index (χ2n) is 6.83. The minimum absolute atomic E-state index is 0.357. The van der Waals surface area contributed by atoms with Gasteiger partial charge in [0.15, 0.2) is 6.29 Å². The van der Waals surface area contributed by atoms with Crippen LogP contribution in [0.2, 0.25) is 0 Å². The molecule has 0 saturated carbocycles. The van der Waals surface area contributed by atoms with Crippen molar-refractivity contribution in [2.45, 2.75) is 26.7 Å². The van der Waals surface area contributed by atoms with E-state index in [0.29, 0.717) is 6.54 Å². The van der Waals surface area contributed by atoms with Crippen LogP contribution in [0.1, 0.15) is 22.3 Å². The van der Waals surface area contributed by atoms with Crippen molar-refractivity contribution < 1.29 is 0 Å². The van der Waals surface area contributed by atoms with Crippen molar-refractivity contribution in [1.29, 1.82) is 0 Å². The van der Waals surface area contributed by atoms with Crippen LogP contribution in [0.25, 0.3) is 5.70 Å². The van der Waals surface area contributed by atoms with Crippen LogP contribution in [0, 0.1) is 13.8 Å². The molecule has 0 spiro atoms. The molecule has 0 saturated heterocycles. The van der Waals surface area contributed by atoms with Crippen LogP contribution in [0.3, 0.4) is 0 Å². The first kappa shape index (κ1) is 18.0. The minimum atomic E-state index is -0.357. The Labute approximate surface area is 155 Å². The second kappa shape index (κ2) is 7.62. The molecule has 1 unspecified atom stereocenters. The van der Waals surface area contributed by atoms with Gasteiger partial charge in [0.05, 0.1) is 6.54 Å². The lowest BCUT2D eigenvalue weighted by Crippen LogP contribution is -2.53. The Hall–Kier alpha value is -2.79. The summed E-state index contributed by atoms with van der Waals surface area (Å²) in [5, 5.41) is 6.47. The average molecular weight is 349 g/mol. The molecule has 0 radical (unpaired) electrons. The molecular formula is C21H27N5. The van der Waals surface area contributed by atoms with Crippen molar-refractivity contribution in [2.75, 3.05) is 19.0 Å². The molecule has 4 N–H and O–H groups in total. The number of nitrogens with zero attached hydrogens (tertiary/aromatic N) is 2. The standard InChI is InChI=1S/C21H27N5/c1-14-6-5-7-18(15(14)2)19-12-20(25-21(22)24-19)23-13-16-8-10-17(11-9-16)26(3)4/h5-12,21,24H,13,22H2,1-4H3,(H,23,25). The van der Waals surface area contributed by atoms with Crippen molar-refractivity contribution in [2.24, 2.45) is 10.7 Å². The number of hydrogen-bond acceptors (Lipinski definition) is 4. The van der Waals surface area contributed by atoms with Crippen molar-refractivity contribution in [3.63, 3.8) is 0 Å². The highest BCUT2D eigenvalue weighted by Gasteiger charge is 2.16. The largest absolute Gasteiger partial charge is 0.378 e. The molecule has 1 atom stereocenters. The Balaban J connectivity index is 1.82. The van der Waals surface area contributed by atoms with Crippen molar-refractivity contribution in [1.82, 2.24) is 10.6 Å². The number of aliphatic imine (C=N–C) groups is 1. The topological polar surface area (TPSA) is 65.7 Å². The highest BCUT2D eigenvalue weighted by Crippen LogP contribution is 2.21. The Morgan fingerprint density at radius 2 is 1.77 bits per heavy atom. The fourth-order valence-corrected chi connectivity index (χ4v) is 2.95. The van der Waals surface area contributed by atoms with Gasteiger partial charge in [-0.1, -0.05) is 30.3 Å². The fraction of sp³-hybridized carbons (Fsp3) is 0.286. The molecule has 0 aromatic heterocycles. The lowest BCUT2D eigenvalue weighted by atomic mass is 10.00. The lowest BCUT2D eigenvalue weighted by molar-refractivity contribution is 0.576. The van der Waals surface area contributed by atoms with Gasteiger partial charge in [-0.05, 0) is 42.7 Å². The summed E-state index contributed by atoms with van der Waals surface area (Å²) in [7, 11) is 4.07. The van der Waals surface area contributed by atoms with Gasteiger partial charge in [0.1, 0.15) is 5.84 Å². The highest BCUT2D eigenvalue weighted by molar-refractivity contribution is 6.00. The first-order chi connectivity index (χ1) is 12.4. The molecule has 2 aromatic carbocycles. The lowest BCUT2D eigenvalue weighted by Gasteiger charge is -2.26. The van der Waals surface area contributed by atoms with Crippen LogP contribution in [-0.4, -0.2) is 26.2 Å². The number of benzene rings is 2. The Morgan fingerprint density at radius 1 is 1.04 bits per heavy atom. The second-order valence-corrected chi connectivity index (χ2v) is 6.83. The molecule has 0 amide bonds. The summed E-state index contributed by atoms with van der Waals surface area (Å²) in [6, 6.07) is 14.7. The number of rotatable bonds is 4. The molecule has 1 heterocycles. The van der Waals surface area contributed by atoms with E-state index in [1.165, 1.54) is 22.4 Å². The highest BCUT2D eigenvalue weighted by atomic mass is 15.3. The number of aryl methyl sites for hydroxylation is 1. The zero-order valence-electron chi connectivity index (χ0n) is 15.9. The van der Waals surface area contributed by atoms with Gasteiger partial charge in [-0.15, -0.1) is 0 Å². The van der Waals surface area contributed by atoms with Gasteiger partial charge >= 0.3 is 0 Å². The van der Waals surface area contributed by atoms with E-state index in [2.05, 4.69) is 71.8 Å². The van der Waals surface area contributed by atoms with E-state index in [0.717, 1.165) is 17.1 Å². The van der Waals surface area contributed by atoms with Crippen LogP contribution < -0.4 is 21.3 Å². The van der Waals surface area contributed by atoms with E-state index in [9.17, 15) is 0 Å². The Morgan fingerprint density at radius 3 is 2.46 bits per heavy atom.